The van der Waals surface area contributed by atoms with Crippen molar-refractivity contribution in [3.05, 3.63) is 44.8 Å². The lowest BCUT2D eigenvalue weighted by Crippen LogP contribution is -2.13. The zero-order valence-corrected chi connectivity index (χ0v) is 10.7. The van der Waals surface area contributed by atoms with Crippen molar-refractivity contribution in [2.24, 2.45) is 0 Å². The lowest BCUT2D eigenvalue weighted by Gasteiger charge is -2.01. The molecule has 0 amide bonds. The summed E-state index contributed by atoms with van der Waals surface area (Å²) in [7, 11) is 0. The van der Waals surface area contributed by atoms with Gasteiger partial charge in [0.15, 0.2) is 0 Å². The Morgan fingerprint density at radius 2 is 2.35 bits per heavy atom. The molecule has 17 heavy (non-hydrogen) atoms. The van der Waals surface area contributed by atoms with Gasteiger partial charge in [-0.05, 0) is 18.1 Å². The summed E-state index contributed by atoms with van der Waals surface area (Å²) in [5.74, 6) is 0. The van der Waals surface area contributed by atoms with E-state index >= 15 is 0 Å². The molecule has 2 N–H and O–H groups in total. The average Bonchev–Trinajstić information content (AvgIpc) is 2.89. The van der Waals surface area contributed by atoms with Crippen LogP contribution in [-0.2, 0) is 19.6 Å². The highest BCUT2D eigenvalue weighted by Crippen LogP contribution is 2.03. The lowest BCUT2D eigenvalue weighted by atomic mass is 10.3. The van der Waals surface area contributed by atoms with E-state index in [0.29, 0.717) is 6.54 Å². The van der Waals surface area contributed by atoms with Crippen molar-refractivity contribution in [3.63, 3.8) is 0 Å². The third-order valence-electron chi connectivity index (χ3n) is 2.51. The number of aryl methyl sites for hydroxylation is 1. The fraction of sp³-hybridized carbons (Fsp3) is 0.417. The average molecular weight is 251 g/mol. The Bertz CT molecular complexity index is 512. The standard InChI is InChI=1S/C12H17N3OS/c1-2-4-15-5-3-10(8-15)6-13-7-11-9-17-12(16)14-11/h3,5,8-9,13H,2,4,6-7H2,1H3,(H,14,16). The fourth-order valence-corrected chi connectivity index (χ4v) is 2.32. The Morgan fingerprint density at radius 3 is 3.06 bits per heavy atom. The minimum atomic E-state index is 0.0101. The highest BCUT2D eigenvalue weighted by Gasteiger charge is 1.98. The summed E-state index contributed by atoms with van der Waals surface area (Å²) in [6.45, 7) is 4.77. The second-order valence-corrected chi connectivity index (χ2v) is 4.88. The zero-order valence-electron chi connectivity index (χ0n) is 9.90. The summed E-state index contributed by atoms with van der Waals surface area (Å²) < 4.78 is 2.20. The minimum absolute atomic E-state index is 0.0101. The van der Waals surface area contributed by atoms with Gasteiger partial charge >= 0.3 is 4.87 Å². The molecule has 2 aromatic heterocycles. The number of hydrogen-bond acceptors (Lipinski definition) is 3. The molecule has 0 aliphatic rings. The predicted octanol–water partition coefficient (Wildman–Crippen LogP) is 1.94. The van der Waals surface area contributed by atoms with Crippen LogP contribution in [-0.4, -0.2) is 9.55 Å². The maximum absolute atomic E-state index is 10.9. The first kappa shape index (κ1) is 12.1. The quantitative estimate of drug-likeness (QED) is 0.824. The van der Waals surface area contributed by atoms with Gasteiger partial charge < -0.3 is 14.9 Å². The van der Waals surface area contributed by atoms with Crippen molar-refractivity contribution in [1.29, 1.82) is 0 Å². The summed E-state index contributed by atoms with van der Waals surface area (Å²) in [6, 6.07) is 2.12. The summed E-state index contributed by atoms with van der Waals surface area (Å²) in [5, 5.41) is 5.17. The Labute approximate surface area is 104 Å². The molecular weight excluding hydrogens is 234 g/mol. The highest BCUT2D eigenvalue weighted by atomic mass is 32.1. The number of nitrogens with zero attached hydrogens (tertiary/aromatic N) is 1. The van der Waals surface area contributed by atoms with Gasteiger partial charge in [0.1, 0.15) is 0 Å². The van der Waals surface area contributed by atoms with Crippen LogP contribution >= 0.6 is 11.3 Å². The molecule has 2 heterocycles. The molecule has 0 unspecified atom stereocenters. The van der Waals surface area contributed by atoms with Crippen LogP contribution in [0.2, 0.25) is 0 Å². The summed E-state index contributed by atoms with van der Waals surface area (Å²) in [4.78, 5) is 13.7. The molecule has 0 radical (unpaired) electrons. The molecule has 0 aliphatic heterocycles. The molecule has 0 bridgehead atoms. The summed E-state index contributed by atoms with van der Waals surface area (Å²) in [5.41, 5.74) is 2.23. The third-order valence-corrected chi connectivity index (χ3v) is 3.23. The van der Waals surface area contributed by atoms with Crippen molar-refractivity contribution in [3.8, 4) is 0 Å². The van der Waals surface area contributed by atoms with E-state index in [1.807, 2.05) is 5.38 Å². The molecule has 2 aromatic rings. The van der Waals surface area contributed by atoms with Gasteiger partial charge in [0.05, 0.1) is 0 Å². The van der Waals surface area contributed by atoms with Gasteiger partial charge in [0, 0.05) is 43.1 Å². The van der Waals surface area contributed by atoms with Crippen molar-refractivity contribution in [1.82, 2.24) is 14.9 Å². The maximum atomic E-state index is 10.9. The zero-order chi connectivity index (χ0) is 12.1. The van der Waals surface area contributed by atoms with Crippen LogP contribution in [0, 0.1) is 0 Å². The second kappa shape index (κ2) is 5.84. The van der Waals surface area contributed by atoms with Gasteiger partial charge in [-0.15, -0.1) is 0 Å². The molecule has 0 aliphatic carbocycles. The molecule has 92 valence electrons. The largest absolute Gasteiger partial charge is 0.354 e. The van der Waals surface area contributed by atoms with E-state index in [1.165, 1.54) is 16.9 Å². The molecule has 5 heteroatoms. The Hall–Kier alpha value is -1.33. The first-order chi connectivity index (χ1) is 8.28. The first-order valence-corrected chi connectivity index (χ1v) is 6.68. The lowest BCUT2D eigenvalue weighted by molar-refractivity contribution is 0.664. The van der Waals surface area contributed by atoms with Gasteiger partial charge in [0.2, 0.25) is 0 Å². The van der Waals surface area contributed by atoms with E-state index in [0.717, 1.165) is 25.2 Å². The van der Waals surface area contributed by atoms with Crippen LogP contribution in [0.1, 0.15) is 24.6 Å². The minimum Gasteiger partial charge on any atom is -0.354 e. The van der Waals surface area contributed by atoms with E-state index in [1.54, 1.807) is 0 Å². The molecule has 0 atom stereocenters. The Balaban J connectivity index is 1.79. The number of rotatable bonds is 6. The maximum Gasteiger partial charge on any atom is 0.304 e. The van der Waals surface area contributed by atoms with Crippen LogP contribution in [0.4, 0.5) is 0 Å². The number of aromatic amines is 1. The van der Waals surface area contributed by atoms with E-state index < -0.39 is 0 Å². The number of thiazole rings is 1. The summed E-state index contributed by atoms with van der Waals surface area (Å²) >= 11 is 1.21. The molecule has 0 fully saturated rings. The molecule has 0 spiro atoms. The van der Waals surface area contributed by atoms with E-state index in [-0.39, 0.29) is 4.87 Å². The van der Waals surface area contributed by atoms with Crippen molar-refractivity contribution < 1.29 is 0 Å². The molecule has 2 rings (SSSR count). The van der Waals surface area contributed by atoms with E-state index in [2.05, 4.69) is 40.3 Å². The normalized spacial score (nSPS) is 10.9. The van der Waals surface area contributed by atoms with Crippen LogP contribution in [0.25, 0.3) is 0 Å². The van der Waals surface area contributed by atoms with E-state index in [4.69, 9.17) is 0 Å². The fourth-order valence-electron chi connectivity index (χ4n) is 1.73. The van der Waals surface area contributed by atoms with Gasteiger partial charge in [-0.1, -0.05) is 18.3 Å². The molecule has 0 aromatic carbocycles. The van der Waals surface area contributed by atoms with Crippen LogP contribution in [0.15, 0.2) is 28.6 Å². The molecule has 0 saturated carbocycles. The van der Waals surface area contributed by atoms with Crippen molar-refractivity contribution >= 4 is 11.3 Å². The highest BCUT2D eigenvalue weighted by molar-refractivity contribution is 7.07. The van der Waals surface area contributed by atoms with Crippen molar-refractivity contribution in [2.75, 3.05) is 0 Å². The van der Waals surface area contributed by atoms with Gasteiger partial charge in [0.25, 0.3) is 0 Å². The molecule has 0 saturated heterocycles. The van der Waals surface area contributed by atoms with Crippen LogP contribution in [0.5, 0.6) is 0 Å². The Kier molecular flexibility index (Phi) is 4.17. The Morgan fingerprint density at radius 1 is 1.47 bits per heavy atom. The predicted molar refractivity (Wildman–Crippen MR) is 70.2 cm³/mol. The monoisotopic (exact) mass is 251 g/mol. The topological polar surface area (TPSA) is 49.8 Å². The third kappa shape index (κ3) is 3.57. The number of hydrogen-bond donors (Lipinski definition) is 2. The van der Waals surface area contributed by atoms with Crippen LogP contribution < -0.4 is 10.2 Å². The molecular formula is C12H17N3OS. The number of aromatic nitrogens is 2. The van der Waals surface area contributed by atoms with E-state index in [9.17, 15) is 4.79 Å². The first-order valence-electron chi connectivity index (χ1n) is 5.80. The summed E-state index contributed by atoms with van der Waals surface area (Å²) in [6.07, 6.45) is 5.41. The van der Waals surface area contributed by atoms with Crippen LogP contribution in [0.3, 0.4) is 0 Å². The SMILES string of the molecule is CCCn1ccc(CNCc2csc(=O)[nH]2)c1. The van der Waals surface area contributed by atoms with Gasteiger partial charge in [-0.3, -0.25) is 4.79 Å². The number of H-pyrrole nitrogens is 1. The van der Waals surface area contributed by atoms with Crippen molar-refractivity contribution in [2.45, 2.75) is 33.0 Å². The second-order valence-electron chi connectivity index (χ2n) is 4.03. The molecule has 4 nitrogen and oxygen atoms in total. The smallest absolute Gasteiger partial charge is 0.304 e. The number of nitrogens with one attached hydrogen (secondary N) is 2. The van der Waals surface area contributed by atoms with Gasteiger partial charge in [-0.2, -0.15) is 0 Å². The van der Waals surface area contributed by atoms with Gasteiger partial charge in [-0.25, -0.2) is 0 Å².